The summed E-state index contributed by atoms with van der Waals surface area (Å²) in [6.07, 6.45) is -1.36. The van der Waals surface area contributed by atoms with E-state index in [9.17, 15) is 13.5 Å². The number of aryl methyl sites for hydroxylation is 1. The Labute approximate surface area is 193 Å². The highest BCUT2D eigenvalue weighted by Crippen LogP contribution is 2.42. The summed E-state index contributed by atoms with van der Waals surface area (Å²) in [5, 5.41) is 12.4. The molecule has 1 N–H and O–H groups in total. The number of anilines is 1. The molecule has 1 aliphatic rings. The van der Waals surface area contributed by atoms with Crippen molar-refractivity contribution in [2.75, 3.05) is 17.5 Å². The second kappa shape index (κ2) is 8.63. The molecule has 0 spiro atoms. The maximum atomic E-state index is 13.2. The van der Waals surface area contributed by atoms with Crippen molar-refractivity contribution in [3.63, 3.8) is 0 Å². The maximum absolute atomic E-state index is 13.2. The minimum Gasteiger partial charge on any atom is -0.389 e. The maximum Gasteiger partial charge on any atom is 0.265 e. The van der Waals surface area contributed by atoms with Crippen LogP contribution in [-0.2, 0) is 14.8 Å². The Balaban J connectivity index is 1.38. The number of hydrogen-bond acceptors (Lipinski definition) is 4. The SMILES string of the molecule is Cc1ccccc1[C@H](OC[C@@H](O)CN1c2cccc3cccc(c23)S1(=O)=O)c1ccccc1. The molecule has 4 aromatic rings. The van der Waals surface area contributed by atoms with Gasteiger partial charge >= 0.3 is 0 Å². The number of hydrogen-bond donors (Lipinski definition) is 1. The molecule has 168 valence electrons. The van der Waals surface area contributed by atoms with Crippen molar-refractivity contribution in [3.8, 4) is 0 Å². The molecule has 0 bridgehead atoms. The molecule has 5 nitrogen and oxygen atoms in total. The summed E-state index contributed by atoms with van der Waals surface area (Å²) in [5.74, 6) is 0. The van der Waals surface area contributed by atoms with Gasteiger partial charge in [-0.3, -0.25) is 4.31 Å². The van der Waals surface area contributed by atoms with Crippen molar-refractivity contribution < 1.29 is 18.3 Å². The Morgan fingerprint density at radius 2 is 1.58 bits per heavy atom. The highest BCUT2D eigenvalue weighted by atomic mass is 32.2. The van der Waals surface area contributed by atoms with E-state index in [2.05, 4.69) is 0 Å². The van der Waals surface area contributed by atoms with E-state index >= 15 is 0 Å². The Morgan fingerprint density at radius 3 is 2.33 bits per heavy atom. The van der Waals surface area contributed by atoms with Gasteiger partial charge < -0.3 is 9.84 Å². The van der Waals surface area contributed by atoms with Crippen molar-refractivity contribution in [2.24, 2.45) is 0 Å². The van der Waals surface area contributed by atoms with Crippen LogP contribution in [0.3, 0.4) is 0 Å². The van der Waals surface area contributed by atoms with Crippen LogP contribution in [0.15, 0.2) is 95.9 Å². The molecule has 0 radical (unpaired) electrons. The number of aliphatic hydroxyl groups excluding tert-OH is 1. The third kappa shape index (κ3) is 3.91. The monoisotopic (exact) mass is 459 g/mol. The van der Waals surface area contributed by atoms with Crippen LogP contribution in [-0.4, -0.2) is 32.8 Å². The molecule has 4 aromatic carbocycles. The van der Waals surface area contributed by atoms with Gasteiger partial charge in [0.1, 0.15) is 6.10 Å². The van der Waals surface area contributed by atoms with Crippen LogP contribution in [0.5, 0.6) is 0 Å². The van der Waals surface area contributed by atoms with Gasteiger partial charge in [-0.05, 0) is 41.1 Å². The molecule has 0 aromatic heterocycles. The van der Waals surface area contributed by atoms with E-state index in [0.29, 0.717) is 11.1 Å². The van der Waals surface area contributed by atoms with Crippen LogP contribution in [0.25, 0.3) is 10.8 Å². The highest BCUT2D eigenvalue weighted by molar-refractivity contribution is 7.93. The van der Waals surface area contributed by atoms with Crippen LogP contribution in [0, 0.1) is 6.92 Å². The predicted octanol–water partition coefficient (Wildman–Crippen LogP) is 4.82. The van der Waals surface area contributed by atoms with Gasteiger partial charge in [-0.1, -0.05) is 78.9 Å². The van der Waals surface area contributed by atoms with E-state index in [1.54, 1.807) is 18.2 Å². The Kier molecular flexibility index (Phi) is 5.66. The second-order valence-corrected chi connectivity index (χ2v) is 10.1. The lowest BCUT2D eigenvalue weighted by molar-refractivity contribution is 0.0101. The summed E-state index contributed by atoms with van der Waals surface area (Å²) in [6.45, 7) is 1.94. The number of ether oxygens (including phenoxy) is 1. The third-order valence-corrected chi connectivity index (χ3v) is 7.91. The lowest BCUT2D eigenvalue weighted by Gasteiger charge is -2.25. The van der Waals surface area contributed by atoms with Crippen LogP contribution in [0.1, 0.15) is 22.8 Å². The molecule has 2 atom stereocenters. The largest absolute Gasteiger partial charge is 0.389 e. The summed E-state index contributed by atoms with van der Waals surface area (Å²) >= 11 is 0. The predicted molar refractivity (Wildman–Crippen MR) is 130 cm³/mol. The minimum atomic E-state index is -3.73. The number of β-amino-alcohol motifs (C(OH)–C–C–N with tert-alkyl or cyclic N) is 1. The lowest BCUT2D eigenvalue weighted by atomic mass is 9.97. The first-order chi connectivity index (χ1) is 16.0. The zero-order valence-corrected chi connectivity index (χ0v) is 19.1. The Morgan fingerprint density at radius 1 is 0.879 bits per heavy atom. The number of aliphatic hydroxyl groups is 1. The fourth-order valence-corrected chi connectivity index (χ4v) is 6.23. The van der Waals surface area contributed by atoms with Gasteiger partial charge in [0.15, 0.2) is 0 Å². The van der Waals surface area contributed by atoms with Gasteiger partial charge in [-0.25, -0.2) is 8.42 Å². The Bertz CT molecular complexity index is 1400. The molecule has 0 saturated heterocycles. The standard InChI is InChI=1S/C27H25NO4S/c1-19-9-5-6-14-23(19)27(21-10-3-2-4-11-21)32-18-22(29)17-28-24-15-7-12-20-13-8-16-25(26(20)24)33(28,30)31/h2-16,22,27,29H,17-18H2,1H3/t22-,27+/m0/s1. The number of nitrogens with zero attached hydrogens (tertiary/aromatic N) is 1. The summed E-state index contributed by atoms with van der Waals surface area (Å²) in [7, 11) is -3.73. The summed E-state index contributed by atoms with van der Waals surface area (Å²) in [4.78, 5) is 0.283. The molecule has 1 heterocycles. The first-order valence-corrected chi connectivity index (χ1v) is 12.4. The first-order valence-electron chi connectivity index (χ1n) is 10.9. The van der Waals surface area contributed by atoms with Crippen molar-refractivity contribution in [1.29, 1.82) is 0 Å². The second-order valence-electron chi connectivity index (χ2n) is 8.30. The fourth-order valence-electron chi connectivity index (χ4n) is 4.48. The molecule has 6 heteroatoms. The molecular formula is C27H25NO4S. The van der Waals surface area contributed by atoms with Gasteiger partial charge in [0.05, 0.1) is 29.8 Å². The first kappa shape index (κ1) is 21.6. The molecular weight excluding hydrogens is 434 g/mol. The van der Waals surface area contributed by atoms with Gasteiger partial charge in [0, 0.05) is 5.39 Å². The van der Waals surface area contributed by atoms with E-state index < -0.39 is 16.1 Å². The molecule has 0 unspecified atom stereocenters. The zero-order chi connectivity index (χ0) is 23.0. The third-order valence-electron chi connectivity index (χ3n) is 6.09. The lowest BCUT2D eigenvalue weighted by Crippen LogP contribution is -2.37. The molecule has 0 amide bonds. The van der Waals surface area contributed by atoms with Crippen LogP contribution in [0.2, 0.25) is 0 Å². The summed E-state index contributed by atoms with van der Waals surface area (Å²) in [6, 6.07) is 28.6. The minimum absolute atomic E-state index is 0.00770. The van der Waals surface area contributed by atoms with Gasteiger partial charge in [-0.2, -0.15) is 0 Å². The molecule has 5 rings (SSSR count). The van der Waals surface area contributed by atoms with Crippen LogP contribution < -0.4 is 4.31 Å². The normalized spacial score (nSPS) is 16.1. The number of benzene rings is 4. The van der Waals surface area contributed by atoms with E-state index in [-0.39, 0.29) is 24.2 Å². The summed E-state index contributed by atoms with van der Waals surface area (Å²) < 4.78 is 33.9. The van der Waals surface area contributed by atoms with E-state index in [1.807, 2.05) is 79.7 Å². The average molecular weight is 460 g/mol. The van der Waals surface area contributed by atoms with Crippen molar-refractivity contribution in [1.82, 2.24) is 0 Å². The van der Waals surface area contributed by atoms with Crippen molar-refractivity contribution in [2.45, 2.75) is 24.0 Å². The van der Waals surface area contributed by atoms with Crippen LogP contribution in [0.4, 0.5) is 5.69 Å². The van der Waals surface area contributed by atoms with E-state index in [4.69, 9.17) is 4.74 Å². The number of sulfonamides is 1. The fraction of sp³-hybridized carbons (Fsp3) is 0.185. The molecule has 33 heavy (non-hydrogen) atoms. The van der Waals surface area contributed by atoms with Gasteiger partial charge in [0.2, 0.25) is 0 Å². The van der Waals surface area contributed by atoms with Gasteiger partial charge in [-0.15, -0.1) is 0 Å². The molecule has 0 fully saturated rings. The molecule has 0 saturated carbocycles. The number of rotatable bonds is 7. The topological polar surface area (TPSA) is 66.8 Å². The van der Waals surface area contributed by atoms with Crippen LogP contribution >= 0.6 is 0 Å². The Hall–Kier alpha value is -3.19. The summed E-state index contributed by atoms with van der Waals surface area (Å²) in [5.41, 5.74) is 3.68. The average Bonchev–Trinajstić information content (AvgIpc) is 3.04. The highest BCUT2D eigenvalue weighted by Gasteiger charge is 2.36. The van der Waals surface area contributed by atoms with E-state index in [0.717, 1.165) is 22.1 Å². The van der Waals surface area contributed by atoms with E-state index in [1.165, 1.54) is 4.31 Å². The zero-order valence-electron chi connectivity index (χ0n) is 18.3. The van der Waals surface area contributed by atoms with Crippen molar-refractivity contribution in [3.05, 3.63) is 108 Å². The van der Waals surface area contributed by atoms with Crippen molar-refractivity contribution >= 4 is 26.5 Å². The molecule has 1 aliphatic heterocycles. The molecule has 0 aliphatic carbocycles. The smallest absolute Gasteiger partial charge is 0.265 e. The quantitative estimate of drug-likeness (QED) is 0.430. The van der Waals surface area contributed by atoms with Gasteiger partial charge in [0.25, 0.3) is 10.0 Å².